The second-order valence-electron chi connectivity index (χ2n) is 4.23. The van der Waals surface area contributed by atoms with E-state index >= 15 is 0 Å². The van der Waals surface area contributed by atoms with Gasteiger partial charge in [-0.1, -0.05) is 18.2 Å². The zero-order valence-corrected chi connectivity index (χ0v) is 10.8. The van der Waals surface area contributed by atoms with Crippen LogP contribution >= 0.6 is 11.3 Å². The second-order valence-corrected chi connectivity index (χ2v) is 5.31. The maximum absolute atomic E-state index is 12.2. The van der Waals surface area contributed by atoms with Crippen molar-refractivity contribution in [2.24, 2.45) is 7.05 Å². The first kappa shape index (κ1) is 11.2. The van der Waals surface area contributed by atoms with E-state index in [0.717, 1.165) is 20.7 Å². The third-order valence-corrected chi connectivity index (χ3v) is 3.97. The molecule has 4 heteroatoms. The molecule has 3 rings (SSSR count). The minimum atomic E-state index is 0.134. The van der Waals surface area contributed by atoms with Gasteiger partial charge >= 0.3 is 0 Å². The number of carbonyl (C=O) groups is 1. The Kier molecular flexibility index (Phi) is 2.72. The van der Waals surface area contributed by atoms with Crippen LogP contribution in [0.4, 0.5) is 0 Å². The molecule has 0 bridgehead atoms. The molecule has 18 heavy (non-hydrogen) atoms. The van der Waals surface area contributed by atoms with Crippen LogP contribution in [0.5, 0.6) is 0 Å². The number of rotatable bonds is 3. The molecule has 1 aromatic carbocycles. The van der Waals surface area contributed by atoms with Crippen LogP contribution in [0.25, 0.3) is 10.1 Å². The SMILES string of the molecule is Cn1ccc(CC(=O)c2cc3ccccc3s2)n1. The van der Waals surface area contributed by atoms with E-state index in [4.69, 9.17) is 0 Å². The Labute approximate surface area is 109 Å². The van der Waals surface area contributed by atoms with Gasteiger partial charge in [0.05, 0.1) is 17.0 Å². The number of nitrogens with zero attached hydrogens (tertiary/aromatic N) is 2. The van der Waals surface area contributed by atoms with Crippen molar-refractivity contribution >= 4 is 27.2 Å². The third-order valence-electron chi connectivity index (χ3n) is 2.81. The highest BCUT2D eigenvalue weighted by molar-refractivity contribution is 7.20. The standard InChI is InChI=1S/C14H12N2OS/c1-16-7-6-11(15-16)9-12(17)14-8-10-4-2-3-5-13(10)18-14/h2-8H,9H2,1H3. The molecule has 3 nitrogen and oxygen atoms in total. The molecule has 0 fully saturated rings. The lowest BCUT2D eigenvalue weighted by atomic mass is 10.2. The molecule has 0 unspecified atom stereocenters. The molecular formula is C14H12N2OS. The molecule has 0 aliphatic carbocycles. The van der Waals surface area contributed by atoms with Gasteiger partial charge in [0.25, 0.3) is 0 Å². The van der Waals surface area contributed by atoms with Crippen molar-refractivity contribution in [3.05, 3.63) is 53.2 Å². The van der Waals surface area contributed by atoms with Crippen molar-refractivity contribution in [2.45, 2.75) is 6.42 Å². The Balaban J connectivity index is 1.87. The van der Waals surface area contributed by atoms with Gasteiger partial charge in [0.2, 0.25) is 0 Å². The van der Waals surface area contributed by atoms with Crippen molar-refractivity contribution < 1.29 is 4.79 Å². The van der Waals surface area contributed by atoms with Gasteiger partial charge in [0.1, 0.15) is 0 Å². The van der Waals surface area contributed by atoms with Gasteiger partial charge in [-0.25, -0.2) is 0 Å². The van der Waals surface area contributed by atoms with Crippen LogP contribution in [-0.2, 0) is 13.5 Å². The van der Waals surface area contributed by atoms with Crippen molar-refractivity contribution in [2.75, 3.05) is 0 Å². The highest BCUT2D eigenvalue weighted by Gasteiger charge is 2.12. The maximum atomic E-state index is 12.2. The number of carbonyl (C=O) groups excluding carboxylic acids is 1. The molecule has 2 aromatic heterocycles. The summed E-state index contributed by atoms with van der Waals surface area (Å²) < 4.78 is 2.87. The minimum Gasteiger partial charge on any atom is -0.293 e. The van der Waals surface area contributed by atoms with Crippen molar-refractivity contribution in [1.82, 2.24) is 9.78 Å². The number of aryl methyl sites for hydroxylation is 1. The summed E-state index contributed by atoms with van der Waals surface area (Å²) in [5.74, 6) is 0.134. The lowest BCUT2D eigenvalue weighted by Crippen LogP contribution is -2.02. The van der Waals surface area contributed by atoms with E-state index in [1.807, 2.05) is 49.6 Å². The fourth-order valence-corrected chi connectivity index (χ4v) is 2.93. The van der Waals surface area contributed by atoms with E-state index < -0.39 is 0 Å². The molecule has 0 atom stereocenters. The monoisotopic (exact) mass is 256 g/mol. The van der Waals surface area contributed by atoms with Gasteiger partial charge in [-0.3, -0.25) is 9.48 Å². The lowest BCUT2D eigenvalue weighted by Gasteiger charge is -1.93. The predicted molar refractivity (Wildman–Crippen MR) is 73.1 cm³/mol. The summed E-state index contributed by atoms with van der Waals surface area (Å²) >= 11 is 1.55. The van der Waals surface area contributed by atoms with Gasteiger partial charge in [-0.2, -0.15) is 5.10 Å². The zero-order chi connectivity index (χ0) is 12.5. The second kappa shape index (κ2) is 4.38. The zero-order valence-electron chi connectivity index (χ0n) is 9.96. The molecule has 0 saturated carbocycles. The van der Waals surface area contributed by atoms with Crippen molar-refractivity contribution in [3.63, 3.8) is 0 Å². The van der Waals surface area contributed by atoms with E-state index in [1.165, 1.54) is 0 Å². The van der Waals surface area contributed by atoms with Crippen molar-refractivity contribution in [1.29, 1.82) is 0 Å². The van der Waals surface area contributed by atoms with Crippen LogP contribution < -0.4 is 0 Å². The Hall–Kier alpha value is -1.94. The maximum Gasteiger partial charge on any atom is 0.178 e. The van der Waals surface area contributed by atoms with Gasteiger partial charge in [-0.05, 0) is 23.6 Å². The van der Waals surface area contributed by atoms with E-state index in [9.17, 15) is 4.79 Å². The number of fused-ring (bicyclic) bond motifs is 1. The first-order valence-electron chi connectivity index (χ1n) is 5.73. The Morgan fingerprint density at radius 3 is 2.89 bits per heavy atom. The Morgan fingerprint density at radius 1 is 1.33 bits per heavy atom. The first-order chi connectivity index (χ1) is 8.72. The fraction of sp³-hybridized carbons (Fsp3) is 0.143. The third kappa shape index (κ3) is 2.07. The van der Waals surface area contributed by atoms with Crippen LogP contribution in [-0.4, -0.2) is 15.6 Å². The fourth-order valence-electron chi connectivity index (χ4n) is 1.93. The van der Waals surface area contributed by atoms with Crippen LogP contribution in [0, 0.1) is 0 Å². The largest absolute Gasteiger partial charge is 0.293 e. The number of hydrogen-bond donors (Lipinski definition) is 0. The van der Waals surface area contributed by atoms with E-state index in [2.05, 4.69) is 5.10 Å². The number of thiophene rings is 1. The molecule has 0 aliphatic rings. The molecule has 0 radical (unpaired) electrons. The highest BCUT2D eigenvalue weighted by atomic mass is 32.1. The van der Waals surface area contributed by atoms with Gasteiger partial charge in [0.15, 0.2) is 5.78 Å². The Morgan fingerprint density at radius 2 is 2.17 bits per heavy atom. The topological polar surface area (TPSA) is 34.9 Å². The van der Waals surface area contributed by atoms with Crippen LogP contribution in [0.3, 0.4) is 0 Å². The normalized spacial score (nSPS) is 10.9. The quantitative estimate of drug-likeness (QED) is 0.675. The lowest BCUT2D eigenvalue weighted by molar-refractivity contribution is 0.0995. The Bertz CT molecular complexity index is 678. The molecule has 0 spiro atoms. The molecular weight excluding hydrogens is 244 g/mol. The molecule has 3 aromatic rings. The average molecular weight is 256 g/mol. The number of ketones is 1. The number of aromatic nitrogens is 2. The molecule has 0 amide bonds. The summed E-state index contributed by atoms with van der Waals surface area (Å²) in [5, 5.41) is 5.36. The summed E-state index contributed by atoms with van der Waals surface area (Å²) in [6.07, 6.45) is 2.22. The van der Waals surface area contributed by atoms with E-state index in [-0.39, 0.29) is 5.78 Å². The molecule has 90 valence electrons. The molecule has 0 N–H and O–H groups in total. The van der Waals surface area contributed by atoms with Crippen LogP contribution in [0.1, 0.15) is 15.4 Å². The highest BCUT2D eigenvalue weighted by Crippen LogP contribution is 2.26. The molecule has 0 saturated heterocycles. The first-order valence-corrected chi connectivity index (χ1v) is 6.54. The van der Waals surface area contributed by atoms with Gasteiger partial charge in [-0.15, -0.1) is 11.3 Å². The van der Waals surface area contributed by atoms with Gasteiger partial charge < -0.3 is 0 Å². The predicted octanol–water partition coefficient (Wildman–Crippen LogP) is 3.06. The summed E-state index contributed by atoms with van der Waals surface area (Å²) in [5.41, 5.74) is 0.819. The minimum absolute atomic E-state index is 0.134. The average Bonchev–Trinajstić information content (AvgIpc) is 2.95. The van der Waals surface area contributed by atoms with E-state index in [0.29, 0.717) is 6.42 Å². The molecule has 0 aliphatic heterocycles. The van der Waals surface area contributed by atoms with Gasteiger partial charge in [0, 0.05) is 17.9 Å². The van der Waals surface area contributed by atoms with Crippen LogP contribution in [0.15, 0.2) is 42.6 Å². The summed E-state index contributed by atoms with van der Waals surface area (Å²) in [4.78, 5) is 13.0. The summed E-state index contributed by atoms with van der Waals surface area (Å²) in [6, 6.07) is 11.9. The van der Waals surface area contributed by atoms with Crippen LogP contribution in [0.2, 0.25) is 0 Å². The number of hydrogen-bond acceptors (Lipinski definition) is 3. The molecule has 2 heterocycles. The van der Waals surface area contributed by atoms with E-state index in [1.54, 1.807) is 16.0 Å². The summed E-state index contributed by atoms with van der Waals surface area (Å²) in [6.45, 7) is 0. The van der Waals surface area contributed by atoms with Crippen molar-refractivity contribution in [3.8, 4) is 0 Å². The smallest absolute Gasteiger partial charge is 0.178 e. The number of benzene rings is 1. The summed E-state index contributed by atoms with van der Waals surface area (Å²) in [7, 11) is 1.85. The number of Topliss-reactive ketones (excluding diaryl/α,β-unsaturated/α-hetero) is 1.